The van der Waals surface area contributed by atoms with Crippen molar-refractivity contribution in [2.75, 3.05) is 6.61 Å². The molecule has 0 aromatic rings. The van der Waals surface area contributed by atoms with Gasteiger partial charge in [-0.2, -0.15) is 0 Å². The van der Waals surface area contributed by atoms with Crippen LogP contribution in [0.4, 0.5) is 0 Å². The molecule has 2 unspecified atom stereocenters. The molecular formula is C16H28O3. The Morgan fingerprint density at radius 1 is 1.32 bits per heavy atom. The van der Waals surface area contributed by atoms with E-state index in [0.717, 1.165) is 38.7 Å². The summed E-state index contributed by atoms with van der Waals surface area (Å²) in [6.45, 7) is 4.99. The van der Waals surface area contributed by atoms with Crippen molar-refractivity contribution in [1.29, 1.82) is 0 Å². The van der Waals surface area contributed by atoms with Crippen molar-refractivity contribution < 1.29 is 14.6 Å². The highest BCUT2D eigenvalue weighted by atomic mass is 16.5. The molecule has 2 fully saturated rings. The van der Waals surface area contributed by atoms with Crippen molar-refractivity contribution >= 4 is 5.97 Å². The number of carboxylic acids is 1. The van der Waals surface area contributed by atoms with Crippen LogP contribution in [0.15, 0.2) is 0 Å². The van der Waals surface area contributed by atoms with Crippen LogP contribution >= 0.6 is 0 Å². The zero-order valence-corrected chi connectivity index (χ0v) is 12.4. The highest BCUT2D eigenvalue weighted by molar-refractivity contribution is 5.70. The summed E-state index contributed by atoms with van der Waals surface area (Å²) in [6, 6.07) is 0. The molecule has 3 nitrogen and oxygen atoms in total. The first-order chi connectivity index (χ1) is 9.02. The highest BCUT2D eigenvalue weighted by Gasteiger charge is 2.42. The maximum absolute atomic E-state index is 11.6. The number of aliphatic carboxylic acids is 1. The van der Waals surface area contributed by atoms with Gasteiger partial charge in [0.05, 0.1) is 11.5 Å². The van der Waals surface area contributed by atoms with Gasteiger partial charge in [-0.3, -0.25) is 4.79 Å². The molecule has 0 radical (unpaired) electrons. The number of rotatable bonds is 4. The lowest BCUT2D eigenvalue weighted by atomic mass is 9.71. The zero-order valence-electron chi connectivity index (χ0n) is 12.4. The second-order valence-electron chi connectivity index (χ2n) is 6.92. The first-order valence-corrected chi connectivity index (χ1v) is 7.89. The van der Waals surface area contributed by atoms with Gasteiger partial charge in [-0.25, -0.2) is 0 Å². The van der Waals surface area contributed by atoms with E-state index in [-0.39, 0.29) is 11.5 Å². The van der Waals surface area contributed by atoms with Gasteiger partial charge in [0.25, 0.3) is 0 Å². The van der Waals surface area contributed by atoms with Crippen LogP contribution < -0.4 is 0 Å². The predicted octanol–water partition coefficient (Wildman–Crippen LogP) is 3.86. The van der Waals surface area contributed by atoms with E-state index < -0.39 is 5.97 Å². The van der Waals surface area contributed by atoms with E-state index in [2.05, 4.69) is 13.8 Å². The molecule has 2 rings (SSSR count). The van der Waals surface area contributed by atoms with Crippen molar-refractivity contribution in [1.82, 2.24) is 0 Å². The molecule has 1 aliphatic heterocycles. The minimum Gasteiger partial charge on any atom is -0.481 e. The Hall–Kier alpha value is -0.570. The third kappa shape index (κ3) is 3.71. The number of carbonyl (C=O) groups is 1. The van der Waals surface area contributed by atoms with Crippen molar-refractivity contribution in [2.45, 2.75) is 70.8 Å². The molecule has 0 amide bonds. The third-order valence-corrected chi connectivity index (χ3v) is 4.91. The minimum absolute atomic E-state index is 0.0197. The van der Waals surface area contributed by atoms with Crippen LogP contribution in [0.3, 0.4) is 0 Å². The molecule has 0 bridgehead atoms. The second kappa shape index (κ2) is 6.25. The SMILES string of the molecule is CC(C)CC(C(=O)O)C1CCOC2(CCCCC2)C1. The van der Waals surface area contributed by atoms with Gasteiger partial charge in [0.1, 0.15) is 0 Å². The van der Waals surface area contributed by atoms with Crippen LogP contribution in [0.2, 0.25) is 0 Å². The van der Waals surface area contributed by atoms with E-state index >= 15 is 0 Å². The van der Waals surface area contributed by atoms with Crippen LogP contribution in [0.1, 0.15) is 65.2 Å². The standard InChI is InChI=1S/C16H28O3/c1-12(2)10-14(15(17)18)13-6-9-19-16(11-13)7-4-3-5-8-16/h12-14H,3-11H2,1-2H3,(H,17,18). The topological polar surface area (TPSA) is 46.5 Å². The van der Waals surface area contributed by atoms with Gasteiger partial charge >= 0.3 is 5.97 Å². The van der Waals surface area contributed by atoms with Crippen LogP contribution in [-0.2, 0) is 9.53 Å². The summed E-state index contributed by atoms with van der Waals surface area (Å²) < 4.78 is 6.08. The van der Waals surface area contributed by atoms with E-state index in [9.17, 15) is 9.90 Å². The fourth-order valence-corrected chi connectivity index (χ4v) is 3.96. The van der Waals surface area contributed by atoms with Gasteiger partial charge < -0.3 is 9.84 Å². The van der Waals surface area contributed by atoms with Crippen LogP contribution in [0.25, 0.3) is 0 Å². The summed E-state index contributed by atoms with van der Waals surface area (Å²) in [7, 11) is 0. The summed E-state index contributed by atoms with van der Waals surface area (Å²) >= 11 is 0. The predicted molar refractivity (Wildman–Crippen MR) is 75.1 cm³/mol. The zero-order chi connectivity index (χ0) is 13.9. The number of hydrogen-bond donors (Lipinski definition) is 1. The Morgan fingerprint density at radius 3 is 2.58 bits per heavy atom. The first kappa shape index (κ1) is 14.8. The van der Waals surface area contributed by atoms with E-state index in [4.69, 9.17) is 4.74 Å². The lowest BCUT2D eigenvalue weighted by Crippen LogP contribution is -2.44. The number of ether oxygens (including phenoxy) is 1. The smallest absolute Gasteiger partial charge is 0.306 e. The molecule has 110 valence electrons. The van der Waals surface area contributed by atoms with E-state index in [1.54, 1.807) is 0 Å². The van der Waals surface area contributed by atoms with Crippen molar-refractivity contribution in [2.24, 2.45) is 17.8 Å². The Bertz CT molecular complexity index is 300. The third-order valence-electron chi connectivity index (χ3n) is 4.91. The molecule has 3 heteroatoms. The number of hydrogen-bond acceptors (Lipinski definition) is 2. The Morgan fingerprint density at radius 2 is 2.00 bits per heavy atom. The Kier molecular flexibility index (Phi) is 4.88. The molecule has 1 saturated carbocycles. The summed E-state index contributed by atoms with van der Waals surface area (Å²) in [6.07, 6.45) is 8.76. The van der Waals surface area contributed by atoms with Crippen LogP contribution in [-0.4, -0.2) is 23.3 Å². The van der Waals surface area contributed by atoms with E-state index in [1.165, 1.54) is 19.3 Å². The second-order valence-corrected chi connectivity index (χ2v) is 6.92. The molecular weight excluding hydrogens is 240 g/mol. The van der Waals surface area contributed by atoms with E-state index in [0.29, 0.717) is 11.8 Å². The van der Waals surface area contributed by atoms with Crippen molar-refractivity contribution in [3.05, 3.63) is 0 Å². The summed E-state index contributed by atoms with van der Waals surface area (Å²) in [5.74, 6) is -0.0211. The molecule has 2 aliphatic rings. The largest absolute Gasteiger partial charge is 0.481 e. The summed E-state index contributed by atoms with van der Waals surface area (Å²) in [5.41, 5.74) is 0.0197. The fourth-order valence-electron chi connectivity index (χ4n) is 3.96. The van der Waals surface area contributed by atoms with Gasteiger partial charge in [0, 0.05) is 6.61 Å². The average molecular weight is 268 g/mol. The minimum atomic E-state index is -0.605. The van der Waals surface area contributed by atoms with Gasteiger partial charge in [-0.1, -0.05) is 33.1 Å². The summed E-state index contributed by atoms with van der Waals surface area (Å²) in [4.78, 5) is 11.6. The molecule has 19 heavy (non-hydrogen) atoms. The lowest BCUT2D eigenvalue weighted by molar-refractivity contribution is -0.154. The van der Waals surface area contributed by atoms with E-state index in [1.807, 2.05) is 0 Å². The van der Waals surface area contributed by atoms with Gasteiger partial charge in [0.15, 0.2) is 0 Å². The van der Waals surface area contributed by atoms with Crippen LogP contribution in [0, 0.1) is 17.8 Å². The molecule has 0 aromatic heterocycles. The molecule has 1 heterocycles. The first-order valence-electron chi connectivity index (χ1n) is 7.89. The normalized spacial score (nSPS) is 28.5. The molecule has 1 spiro atoms. The average Bonchev–Trinajstić information content (AvgIpc) is 2.36. The van der Waals surface area contributed by atoms with Crippen LogP contribution in [0.5, 0.6) is 0 Å². The summed E-state index contributed by atoms with van der Waals surface area (Å²) in [5, 5.41) is 9.52. The monoisotopic (exact) mass is 268 g/mol. The number of carboxylic acid groups (broad SMARTS) is 1. The molecule has 2 atom stereocenters. The quantitative estimate of drug-likeness (QED) is 0.842. The molecule has 1 saturated heterocycles. The Balaban J connectivity index is 2.03. The molecule has 0 aromatic carbocycles. The van der Waals surface area contributed by atoms with Crippen molar-refractivity contribution in [3.63, 3.8) is 0 Å². The van der Waals surface area contributed by atoms with Crippen molar-refractivity contribution in [3.8, 4) is 0 Å². The molecule has 1 aliphatic carbocycles. The fraction of sp³-hybridized carbons (Fsp3) is 0.938. The lowest BCUT2D eigenvalue weighted by Gasteiger charge is -2.45. The maximum Gasteiger partial charge on any atom is 0.306 e. The maximum atomic E-state index is 11.6. The molecule has 1 N–H and O–H groups in total. The highest BCUT2D eigenvalue weighted by Crippen LogP contribution is 2.43. The Labute approximate surface area is 116 Å². The van der Waals surface area contributed by atoms with Gasteiger partial charge in [-0.15, -0.1) is 0 Å². The van der Waals surface area contributed by atoms with Gasteiger partial charge in [-0.05, 0) is 43.9 Å². The van der Waals surface area contributed by atoms with Gasteiger partial charge in [0.2, 0.25) is 0 Å².